The Morgan fingerprint density at radius 3 is 2.44 bits per heavy atom. The molecule has 3 heterocycles. The van der Waals surface area contributed by atoms with Crippen LogP contribution in [0.15, 0.2) is 42.5 Å². The van der Waals surface area contributed by atoms with Crippen LogP contribution in [0.1, 0.15) is 84.1 Å². The molecule has 0 radical (unpaired) electrons. The van der Waals surface area contributed by atoms with Gasteiger partial charge in [-0.1, -0.05) is 55.3 Å². The second-order valence-corrected chi connectivity index (χ2v) is 17.8. The predicted molar refractivity (Wildman–Crippen MR) is 184 cm³/mol. The molecule has 2 aliphatic carbocycles. The van der Waals surface area contributed by atoms with Crippen LogP contribution in [0.25, 0.3) is 0 Å². The zero-order valence-electron chi connectivity index (χ0n) is 29.3. The van der Waals surface area contributed by atoms with Gasteiger partial charge < -0.3 is 19.9 Å². The quantitative estimate of drug-likeness (QED) is 0.323. The zero-order valence-corrected chi connectivity index (χ0v) is 30.1. The number of nitrogens with zero attached hydrogens (tertiary/aromatic N) is 2. The van der Waals surface area contributed by atoms with Crippen molar-refractivity contribution in [1.29, 1.82) is 0 Å². The second-order valence-electron chi connectivity index (χ2n) is 15.8. The summed E-state index contributed by atoms with van der Waals surface area (Å²) >= 11 is 0. The Morgan fingerprint density at radius 2 is 1.74 bits per heavy atom. The molecule has 4 fully saturated rings. The molecule has 4 amide bonds. The van der Waals surface area contributed by atoms with E-state index in [1.54, 1.807) is 30.6 Å². The van der Waals surface area contributed by atoms with Crippen LogP contribution in [0.2, 0.25) is 0 Å². The highest BCUT2D eigenvalue weighted by Gasteiger charge is 2.63. The number of carbonyl (C=O) groups excluding carboxylic acids is 5. The Labute approximate surface area is 294 Å². The van der Waals surface area contributed by atoms with Crippen molar-refractivity contribution in [3.8, 4) is 0 Å². The standard InChI is InChI=1S/C37H50N4O8S/c1-36(2,3)49-31(43)19-25-14-10-5-4-6-11-15-27-20-37(27,35(46)39-50(47,48)28-16-17-28)38-33(44)32-29-23-40(21-26(29)22-41(32)34(25)45)30(42)18-24-12-8-7-9-13-24/h7-9,11-13,15,25-29,32H,4-6,10,14,16-23H2,1-3H3,(H,38,44)(H,39,46)/b15-11-/t25-,26-,27+,29-,32-,37+/m0/s1. The summed E-state index contributed by atoms with van der Waals surface area (Å²) in [6.07, 6.45) is 8.69. The first-order valence-corrected chi connectivity index (χ1v) is 19.6. The van der Waals surface area contributed by atoms with E-state index in [-0.39, 0.29) is 50.1 Å². The average molecular weight is 711 g/mol. The Hall–Kier alpha value is -3.74. The molecule has 13 heteroatoms. The number of nitrogens with one attached hydrogen (secondary N) is 2. The van der Waals surface area contributed by atoms with Crippen LogP contribution in [0.5, 0.6) is 0 Å². The van der Waals surface area contributed by atoms with Crippen molar-refractivity contribution < 1.29 is 37.1 Å². The minimum Gasteiger partial charge on any atom is -0.460 e. The number of esters is 1. The molecule has 1 aromatic carbocycles. The van der Waals surface area contributed by atoms with E-state index in [4.69, 9.17) is 4.74 Å². The fourth-order valence-corrected chi connectivity index (χ4v) is 9.24. The molecule has 6 atom stereocenters. The molecule has 2 N–H and O–H groups in total. The maximum Gasteiger partial charge on any atom is 0.307 e. The van der Waals surface area contributed by atoms with Gasteiger partial charge in [0.05, 0.1) is 18.1 Å². The van der Waals surface area contributed by atoms with Crippen molar-refractivity contribution in [3.05, 3.63) is 48.0 Å². The van der Waals surface area contributed by atoms with E-state index in [9.17, 15) is 32.4 Å². The Kier molecular flexibility index (Phi) is 10.2. The summed E-state index contributed by atoms with van der Waals surface area (Å²) in [5, 5.41) is 2.32. The highest BCUT2D eigenvalue weighted by Crippen LogP contribution is 2.47. The van der Waals surface area contributed by atoms with Crippen molar-refractivity contribution in [1.82, 2.24) is 19.8 Å². The van der Waals surface area contributed by atoms with Crippen molar-refractivity contribution in [2.45, 2.75) is 107 Å². The third kappa shape index (κ3) is 8.08. The largest absolute Gasteiger partial charge is 0.460 e. The summed E-state index contributed by atoms with van der Waals surface area (Å²) in [7, 11) is -3.87. The first-order valence-electron chi connectivity index (χ1n) is 18.1. The third-order valence-corrected chi connectivity index (χ3v) is 12.5. The summed E-state index contributed by atoms with van der Waals surface area (Å²) < 4.78 is 33.5. The van der Waals surface area contributed by atoms with Crippen molar-refractivity contribution >= 4 is 39.6 Å². The number of allylic oxidation sites excluding steroid dienone is 1. The monoisotopic (exact) mass is 710 g/mol. The topological polar surface area (TPSA) is 159 Å². The number of hydrogen-bond donors (Lipinski definition) is 2. The van der Waals surface area contributed by atoms with Crippen molar-refractivity contribution in [2.75, 3.05) is 19.6 Å². The van der Waals surface area contributed by atoms with Crippen LogP contribution >= 0.6 is 0 Å². The van der Waals surface area contributed by atoms with Crippen molar-refractivity contribution in [2.24, 2.45) is 23.7 Å². The van der Waals surface area contributed by atoms with Gasteiger partial charge in [-0.2, -0.15) is 0 Å². The zero-order chi connectivity index (χ0) is 35.8. The number of ether oxygens (including phenoxy) is 1. The lowest BCUT2D eigenvalue weighted by molar-refractivity contribution is -0.159. The summed E-state index contributed by atoms with van der Waals surface area (Å²) in [4.78, 5) is 72.4. The molecule has 272 valence electrons. The van der Waals surface area contributed by atoms with Gasteiger partial charge in [0.15, 0.2) is 0 Å². The smallest absolute Gasteiger partial charge is 0.307 e. The van der Waals surface area contributed by atoms with Gasteiger partial charge in [0.1, 0.15) is 17.2 Å². The van der Waals surface area contributed by atoms with Gasteiger partial charge in [-0.3, -0.25) is 28.7 Å². The maximum absolute atomic E-state index is 14.5. The van der Waals surface area contributed by atoms with Crippen LogP contribution in [0, 0.1) is 23.7 Å². The van der Waals surface area contributed by atoms with E-state index < -0.39 is 68.0 Å². The SMILES string of the molecule is CC(C)(C)OC(=O)C[C@@H]1CCCCC/C=C\[C@@H]2C[C@@]2(C(=O)NS(=O)(=O)C2CC2)NC(=O)[C@@H]2[C@H]3CN(C(=O)Cc4ccccc4)C[C@H]3CN2C1=O. The van der Waals surface area contributed by atoms with Gasteiger partial charge in [0.2, 0.25) is 27.7 Å². The van der Waals surface area contributed by atoms with Crippen LogP contribution in [0.4, 0.5) is 0 Å². The normalized spacial score (nSPS) is 30.9. The number of carbonyl (C=O) groups is 5. The molecule has 2 saturated carbocycles. The highest BCUT2D eigenvalue weighted by atomic mass is 32.2. The van der Waals surface area contributed by atoms with E-state index in [1.165, 1.54) is 0 Å². The average Bonchev–Trinajstić information content (AvgIpc) is 3.93. The summed E-state index contributed by atoms with van der Waals surface area (Å²) in [6, 6.07) is 8.41. The molecular weight excluding hydrogens is 660 g/mol. The maximum atomic E-state index is 14.5. The molecule has 12 nitrogen and oxygen atoms in total. The van der Waals surface area contributed by atoms with E-state index >= 15 is 0 Å². The number of benzene rings is 1. The second kappa shape index (κ2) is 14.1. The van der Waals surface area contributed by atoms with Gasteiger partial charge in [0.25, 0.3) is 5.91 Å². The number of sulfonamides is 1. The molecule has 0 spiro atoms. The fraction of sp³-hybridized carbons (Fsp3) is 0.649. The summed E-state index contributed by atoms with van der Waals surface area (Å²) in [5.74, 6) is -3.89. The molecule has 0 unspecified atom stereocenters. The van der Waals surface area contributed by atoms with Crippen LogP contribution in [-0.4, -0.2) is 89.9 Å². The summed E-state index contributed by atoms with van der Waals surface area (Å²) in [6.45, 7) is 6.18. The fourth-order valence-electron chi connectivity index (χ4n) is 7.87. The molecule has 2 saturated heterocycles. The van der Waals surface area contributed by atoms with Gasteiger partial charge in [-0.05, 0) is 64.9 Å². The molecule has 5 aliphatic rings. The number of hydrogen-bond acceptors (Lipinski definition) is 8. The molecule has 0 bridgehead atoms. The lowest BCUT2D eigenvalue weighted by Crippen LogP contribution is -2.58. The Balaban J connectivity index is 1.29. The molecule has 6 rings (SSSR count). The first kappa shape index (κ1) is 36.1. The lowest BCUT2D eigenvalue weighted by Gasteiger charge is -2.33. The number of fused-ring (bicyclic) bond motifs is 4. The van der Waals surface area contributed by atoms with Crippen LogP contribution in [0.3, 0.4) is 0 Å². The van der Waals surface area contributed by atoms with E-state index in [1.807, 2.05) is 42.5 Å². The van der Waals surface area contributed by atoms with Gasteiger partial charge >= 0.3 is 5.97 Å². The third-order valence-electron chi connectivity index (χ3n) is 10.7. The van der Waals surface area contributed by atoms with E-state index in [0.717, 1.165) is 24.8 Å². The Morgan fingerprint density at radius 1 is 1.00 bits per heavy atom. The molecule has 1 aromatic rings. The molecule has 0 aromatic heterocycles. The summed E-state index contributed by atoms with van der Waals surface area (Å²) in [5.41, 5.74) is -1.32. The van der Waals surface area contributed by atoms with Gasteiger partial charge in [-0.25, -0.2) is 8.42 Å². The number of amides is 4. The number of likely N-dealkylation sites (tertiary alicyclic amines) is 1. The Bertz CT molecular complexity index is 1640. The van der Waals surface area contributed by atoms with Gasteiger partial charge in [0, 0.05) is 43.3 Å². The first-order chi connectivity index (χ1) is 23.7. The van der Waals surface area contributed by atoms with Crippen LogP contribution in [-0.2, 0) is 45.2 Å². The molecular formula is C37H50N4O8S. The van der Waals surface area contributed by atoms with Crippen LogP contribution < -0.4 is 10.0 Å². The molecule has 3 aliphatic heterocycles. The minimum atomic E-state index is -3.87. The van der Waals surface area contributed by atoms with Gasteiger partial charge in [-0.15, -0.1) is 0 Å². The number of rotatable bonds is 7. The predicted octanol–water partition coefficient (Wildman–Crippen LogP) is 2.87. The lowest BCUT2D eigenvalue weighted by atomic mass is 9.92. The van der Waals surface area contributed by atoms with E-state index in [0.29, 0.717) is 32.2 Å². The highest BCUT2D eigenvalue weighted by molar-refractivity contribution is 7.91. The molecule has 50 heavy (non-hydrogen) atoms. The minimum absolute atomic E-state index is 0.0719. The van der Waals surface area contributed by atoms with Crippen molar-refractivity contribution in [3.63, 3.8) is 0 Å². The van der Waals surface area contributed by atoms with E-state index in [2.05, 4.69) is 10.0 Å².